The fourth-order valence-corrected chi connectivity index (χ4v) is 1.58. The predicted octanol–water partition coefficient (Wildman–Crippen LogP) is 3.00. The lowest BCUT2D eigenvalue weighted by atomic mass is 9.83. The lowest BCUT2D eigenvalue weighted by Gasteiger charge is -2.21. The molecule has 1 aliphatic carbocycles. The van der Waals surface area contributed by atoms with E-state index in [-0.39, 0.29) is 0 Å². The molecule has 0 nitrogen and oxygen atoms in total. The molecule has 0 saturated heterocycles. The average Bonchev–Trinajstić information content (AvgIpc) is 2.04. The fourth-order valence-electron chi connectivity index (χ4n) is 1.58. The van der Waals surface area contributed by atoms with Crippen LogP contribution in [0.25, 0.3) is 0 Å². The van der Waals surface area contributed by atoms with Gasteiger partial charge in [-0.2, -0.15) is 0 Å². The summed E-state index contributed by atoms with van der Waals surface area (Å²) in [5.41, 5.74) is 0. The van der Waals surface area contributed by atoms with Crippen molar-refractivity contribution in [3.63, 3.8) is 0 Å². The Hall–Kier alpha value is -0.700. The van der Waals surface area contributed by atoms with E-state index in [2.05, 4.69) is 25.3 Å². The highest BCUT2D eigenvalue weighted by molar-refractivity contribution is 5.14. The zero-order valence-electron chi connectivity index (χ0n) is 7.27. The number of rotatable bonds is 0. The van der Waals surface area contributed by atoms with Crippen molar-refractivity contribution >= 4 is 0 Å². The van der Waals surface area contributed by atoms with Crippen molar-refractivity contribution < 1.29 is 0 Å². The van der Waals surface area contributed by atoms with E-state index in [9.17, 15) is 0 Å². The molecular weight excluding hydrogens is 132 g/mol. The van der Waals surface area contributed by atoms with Crippen LogP contribution >= 0.6 is 0 Å². The molecule has 11 heavy (non-hydrogen) atoms. The Morgan fingerprint density at radius 1 is 1.27 bits per heavy atom. The summed E-state index contributed by atoms with van der Waals surface area (Å²) in [6.45, 7) is 5.92. The van der Waals surface area contributed by atoms with Crippen molar-refractivity contribution in [2.75, 3.05) is 0 Å². The summed E-state index contributed by atoms with van der Waals surface area (Å²) in [5.74, 6) is 7.75. The second-order valence-corrected chi connectivity index (χ2v) is 3.45. The Balaban J connectivity index is 2.33. The first kappa shape index (κ1) is 8.40. The summed E-state index contributed by atoms with van der Waals surface area (Å²) in [6.07, 6.45) is 7.00. The molecule has 0 aliphatic heterocycles. The number of hydrogen-bond acceptors (Lipinski definition) is 0. The smallest absolute Gasteiger partial charge is 0.0206 e. The minimum Gasteiger partial charge on any atom is -0.0951 e. The molecule has 0 heteroatoms. The van der Waals surface area contributed by atoms with Gasteiger partial charge in [0.25, 0.3) is 0 Å². The van der Waals surface area contributed by atoms with Crippen LogP contribution in [-0.2, 0) is 0 Å². The Kier molecular flexibility index (Phi) is 3.23. The van der Waals surface area contributed by atoms with Crippen LogP contribution in [-0.4, -0.2) is 0 Å². The van der Waals surface area contributed by atoms with Crippen LogP contribution in [0.15, 0.2) is 12.7 Å². The topological polar surface area (TPSA) is 0 Å². The van der Waals surface area contributed by atoms with Crippen molar-refractivity contribution in [3.8, 4) is 11.8 Å². The molecule has 0 unspecified atom stereocenters. The van der Waals surface area contributed by atoms with Gasteiger partial charge in [-0.3, -0.25) is 0 Å². The van der Waals surface area contributed by atoms with E-state index in [1.165, 1.54) is 25.7 Å². The predicted molar refractivity (Wildman–Crippen MR) is 49.1 cm³/mol. The Labute approximate surface area is 69.7 Å². The molecule has 0 aromatic heterocycles. The largest absolute Gasteiger partial charge is 0.0951 e. The monoisotopic (exact) mass is 148 g/mol. The molecule has 0 N–H and O–H groups in total. The highest BCUT2D eigenvalue weighted by atomic mass is 14.2. The SMILES string of the molecule is C=CC#CC1CCC(C)CC1. The Bertz CT molecular complexity index is 172. The quantitative estimate of drug-likeness (QED) is 0.463. The fraction of sp³-hybridized carbons (Fsp3) is 0.636. The first-order valence-electron chi connectivity index (χ1n) is 4.45. The van der Waals surface area contributed by atoms with Gasteiger partial charge in [0.05, 0.1) is 0 Å². The van der Waals surface area contributed by atoms with Crippen LogP contribution in [0.3, 0.4) is 0 Å². The second-order valence-electron chi connectivity index (χ2n) is 3.45. The third-order valence-electron chi connectivity index (χ3n) is 2.41. The van der Waals surface area contributed by atoms with E-state index in [4.69, 9.17) is 0 Å². The van der Waals surface area contributed by atoms with Crippen molar-refractivity contribution in [1.82, 2.24) is 0 Å². The maximum absolute atomic E-state index is 3.59. The summed E-state index contributed by atoms with van der Waals surface area (Å²) in [4.78, 5) is 0. The van der Waals surface area contributed by atoms with E-state index in [0.717, 1.165) is 5.92 Å². The molecule has 0 spiro atoms. The van der Waals surface area contributed by atoms with Crippen LogP contribution in [0.5, 0.6) is 0 Å². The lowest BCUT2D eigenvalue weighted by molar-refractivity contribution is 0.337. The van der Waals surface area contributed by atoms with E-state index >= 15 is 0 Å². The molecule has 1 fully saturated rings. The van der Waals surface area contributed by atoms with Crippen molar-refractivity contribution in [2.24, 2.45) is 11.8 Å². The zero-order chi connectivity index (χ0) is 8.10. The van der Waals surface area contributed by atoms with Crippen LogP contribution in [0.4, 0.5) is 0 Å². The van der Waals surface area contributed by atoms with Gasteiger partial charge in [0.2, 0.25) is 0 Å². The molecule has 60 valence electrons. The standard InChI is InChI=1S/C11H16/c1-3-4-5-11-8-6-10(2)7-9-11/h3,10-11H,1,6-9H2,2H3. The Morgan fingerprint density at radius 2 is 1.91 bits per heavy atom. The molecule has 0 radical (unpaired) electrons. The highest BCUT2D eigenvalue weighted by Gasteiger charge is 2.15. The summed E-state index contributed by atoms with van der Waals surface area (Å²) >= 11 is 0. The maximum Gasteiger partial charge on any atom is 0.0206 e. The molecule has 0 aromatic rings. The number of allylic oxidation sites excluding steroid dienone is 1. The van der Waals surface area contributed by atoms with Crippen molar-refractivity contribution in [3.05, 3.63) is 12.7 Å². The summed E-state index contributed by atoms with van der Waals surface area (Å²) in [7, 11) is 0. The second kappa shape index (κ2) is 4.23. The first-order chi connectivity index (χ1) is 5.33. The van der Waals surface area contributed by atoms with Gasteiger partial charge in [-0.1, -0.05) is 25.3 Å². The minimum atomic E-state index is 0.657. The molecule has 0 atom stereocenters. The molecule has 1 aliphatic rings. The van der Waals surface area contributed by atoms with Gasteiger partial charge >= 0.3 is 0 Å². The first-order valence-corrected chi connectivity index (χ1v) is 4.45. The molecule has 0 heterocycles. The normalized spacial score (nSPS) is 30.3. The van der Waals surface area contributed by atoms with Crippen LogP contribution in [0.1, 0.15) is 32.6 Å². The van der Waals surface area contributed by atoms with E-state index in [1.54, 1.807) is 6.08 Å². The molecule has 0 bridgehead atoms. The van der Waals surface area contributed by atoms with Gasteiger partial charge in [-0.05, 0) is 37.7 Å². The maximum atomic E-state index is 3.59. The van der Waals surface area contributed by atoms with Crippen molar-refractivity contribution in [2.45, 2.75) is 32.6 Å². The van der Waals surface area contributed by atoms with E-state index in [0.29, 0.717) is 5.92 Å². The van der Waals surface area contributed by atoms with Gasteiger partial charge in [0, 0.05) is 5.92 Å². The molecular formula is C11H16. The summed E-state index contributed by atoms with van der Waals surface area (Å²) in [6, 6.07) is 0. The van der Waals surface area contributed by atoms with Crippen LogP contribution in [0.2, 0.25) is 0 Å². The minimum absolute atomic E-state index is 0.657. The number of hydrogen-bond donors (Lipinski definition) is 0. The highest BCUT2D eigenvalue weighted by Crippen LogP contribution is 2.27. The van der Waals surface area contributed by atoms with Gasteiger partial charge in [0.15, 0.2) is 0 Å². The molecule has 1 saturated carbocycles. The average molecular weight is 148 g/mol. The summed E-state index contributed by atoms with van der Waals surface area (Å²) < 4.78 is 0. The van der Waals surface area contributed by atoms with Gasteiger partial charge in [0.1, 0.15) is 0 Å². The zero-order valence-corrected chi connectivity index (χ0v) is 7.27. The summed E-state index contributed by atoms with van der Waals surface area (Å²) in [5, 5.41) is 0. The molecule has 1 rings (SSSR count). The van der Waals surface area contributed by atoms with Gasteiger partial charge in [-0.25, -0.2) is 0 Å². The Morgan fingerprint density at radius 3 is 2.45 bits per heavy atom. The van der Waals surface area contributed by atoms with Crippen LogP contribution < -0.4 is 0 Å². The van der Waals surface area contributed by atoms with Gasteiger partial charge < -0.3 is 0 Å². The van der Waals surface area contributed by atoms with Crippen molar-refractivity contribution in [1.29, 1.82) is 0 Å². The van der Waals surface area contributed by atoms with Crippen LogP contribution in [0, 0.1) is 23.7 Å². The third-order valence-corrected chi connectivity index (χ3v) is 2.41. The third kappa shape index (κ3) is 2.80. The van der Waals surface area contributed by atoms with E-state index in [1.807, 2.05) is 0 Å². The molecule has 0 aromatic carbocycles. The molecule has 0 amide bonds. The van der Waals surface area contributed by atoms with Gasteiger partial charge in [-0.15, -0.1) is 0 Å². The lowest BCUT2D eigenvalue weighted by Crippen LogP contribution is -2.10. The van der Waals surface area contributed by atoms with E-state index < -0.39 is 0 Å².